The van der Waals surface area contributed by atoms with E-state index in [1.165, 1.54) is 10.8 Å². The van der Waals surface area contributed by atoms with Gasteiger partial charge in [0, 0.05) is 6.42 Å². The Hall–Kier alpha value is 0.290. The lowest BCUT2D eigenvalue weighted by molar-refractivity contribution is 0.590. The van der Waals surface area contributed by atoms with Crippen LogP contribution in [0.15, 0.2) is 0 Å². The summed E-state index contributed by atoms with van der Waals surface area (Å²) < 4.78 is 1.22. The highest BCUT2D eigenvalue weighted by atomic mass is 127. The fraction of sp³-hybridized carbons (Fsp3) is 0.714. The fourth-order valence-electron chi connectivity index (χ4n) is 0.490. The fourth-order valence-corrected chi connectivity index (χ4v) is 1.55. The van der Waals surface area contributed by atoms with E-state index in [1.807, 2.05) is 0 Å². The molecular formula is C7H11I. The number of alkyl halides is 1. The molecule has 0 aromatic carbocycles. The summed E-state index contributed by atoms with van der Waals surface area (Å²) in [5, 5.41) is 0. The minimum Gasteiger partial charge on any atom is -0.120 e. The molecular weight excluding hydrogens is 211 g/mol. The van der Waals surface area contributed by atoms with Crippen LogP contribution in [0.25, 0.3) is 0 Å². The normalized spacial score (nSPS) is 12.6. The molecule has 0 aliphatic carbocycles. The van der Waals surface area contributed by atoms with Gasteiger partial charge in [0.2, 0.25) is 0 Å². The summed E-state index contributed by atoms with van der Waals surface area (Å²) >= 11 is 2.37. The molecule has 0 amide bonds. The van der Waals surface area contributed by atoms with Gasteiger partial charge >= 0.3 is 0 Å². The van der Waals surface area contributed by atoms with Crippen LogP contribution in [0.5, 0.6) is 0 Å². The SMILES string of the molecule is C#CCC(C)CCI. The Morgan fingerprint density at radius 3 is 2.75 bits per heavy atom. The lowest BCUT2D eigenvalue weighted by Gasteiger charge is -2.01. The smallest absolute Gasteiger partial charge is 0.0112 e. The lowest BCUT2D eigenvalue weighted by atomic mass is 10.1. The Bertz CT molecular complexity index is 80.9. The molecule has 0 aliphatic heterocycles. The van der Waals surface area contributed by atoms with Gasteiger partial charge in [-0.05, 0) is 16.8 Å². The molecule has 0 aromatic rings. The van der Waals surface area contributed by atoms with Gasteiger partial charge in [0.05, 0.1) is 0 Å². The molecule has 1 unspecified atom stereocenters. The largest absolute Gasteiger partial charge is 0.120 e. The zero-order valence-corrected chi connectivity index (χ0v) is 7.31. The topological polar surface area (TPSA) is 0 Å². The number of terminal acetylenes is 1. The lowest BCUT2D eigenvalue weighted by Crippen LogP contribution is -1.91. The predicted molar refractivity (Wildman–Crippen MR) is 46.1 cm³/mol. The second-order valence-electron chi connectivity index (χ2n) is 1.99. The van der Waals surface area contributed by atoms with E-state index in [-0.39, 0.29) is 0 Å². The summed E-state index contributed by atoms with van der Waals surface area (Å²) in [4.78, 5) is 0. The van der Waals surface area contributed by atoms with E-state index in [0.717, 1.165) is 12.3 Å². The first-order valence-corrected chi connectivity index (χ1v) is 4.33. The van der Waals surface area contributed by atoms with Gasteiger partial charge in [-0.2, -0.15) is 0 Å². The zero-order chi connectivity index (χ0) is 6.41. The van der Waals surface area contributed by atoms with Crippen molar-refractivity contribution in [1.29, 1.82) is 0 Å². The molecule has 0 saturated heterocycles. The van der Waals surface area contributed by atoms with Crippen LogP contribution in [0, 0.1) is 18.3 Å². The molecule has 0 fully saturated rings. The Morgan fingerprint density at radius 1 is 1.75 bits per heavy atom. The van der Waals surface area contributed by atoms with Crippen LogP contribution in [0.3, 0.4) is 0 Å². The Labute approximate surface area is 65.2 Å². The van der Waals surface area contributed by atoms with Crippen molar-refractivity contribution in [3.05, 3.63) is 0 Å². The molecule has 46 valence electrons. The van der Waals surface area contributed by atoms with Crippen molar-refractivity contribution < 1.29 is 0 Å². The van der Waals surface area contributed by atoms with Crippen LogP contribution >= 0.6 is 22.6 Å². The van der Waals surface area contributed by atoms with Crippen molar-refractivity contribution in [2.24, 2.45) is 5.92 Å². The number of hydrogen-bond acceptors (Lipinski definition) is 0. The van der Waals surface area contributed by atoms with E-state index in [2.05, 4.69) is 35.4 Å². The molecule has 0 bridgehead atoms. The van der Waals surface area contributed by atoms with Gasteiger partial charge in [0.15, 0.2) is 0 Å². The molecule has 0 aliphatic rings. The van der Waals surface area contributed by atoms with E-state index in [1.54, 1.807) is 0 Å². The Kier molecular flexibility index (Phi) is 5.62. The summed E-state index contributed by atoms with van der Waals surface area (Å²) in [5.74, 6) is 3.37. The van der Waals surface area contributed by atoms with Crippen LogP contribution < -0.4 is 0 Å². The summed E-state index contributed by atoms with van der Waals surface area (Å²) in [6.07, 6.45) is 7.30. The molecule has 0 saturated carbocycles. The van der Waals surface area contributed by atoms with Crippen molar-refractivity contribution in [1.82, 2.24) is 0 Å². The third kappa shape index (κ3) is 4.45. The highest BCUT2D eigenvalue weighted by Gasteiger charge is 1.95. The van der Waals surface area contributed by atoms with Crippen LogP contribution in [-0.4, -0.2) is 4.43 Å². The second-order valence-corrected chi connectivity index (χ2v) is 3.07. The van der Waals surface area contributed by atoms with Crippen LogP contribution in [0.1, 0.15) is 19.8 Å². The molecule has 0 heterocycles. The van der Waals surface area contributed by atoms with E-state index in [9.17, 15) is 0 Å². The highest BCUT2D eigenvalue weighted by Crippen LogP contribution is 2.07. The minimum atomic E-state index is 0.719. The molecule has 1 atom stereocenters. The van der Waals surface area contributed by atoms with Crippen LogP contribution in [0.2, 0.25) is 0 Å². The minimum absolute atomic E-state index is 0.719. The van der Waals surface area contributed by atoms with Crippen molar-refractivity contribution >= 4 is 22.6 Å². The average Bonchev–Trinajstić information content (AvgIpc) is 1.68. The van der Waals surface area contributed by atoms with E-state index in [4.69, 9.17) is 6.42 Å². The monoisotopic (exact) mass is 222 g/mol. The summed E-state index contributed by atoms with van der Waals surface area (Å²) in [5.41, 5.74) is 0. The standard InChI is InChI=1S/C7H11I/c1-3-4-7(2)5-6-8/h1,7H,4-6H2,2H3. The van der Waals surface area contributed by atoms with Gasteiger partial charge in [-0.25, -0.2) is 0 Å². The summed E-state index contributed by atoms with van der Waals surface area (Å²) in [6.45, 7) is 2.19. The van der Waals surface area contributed by atoms with Crippen LogP contribution in [0.4, 0.5) is 0 Å². The predicted octanol–water partition coefficient (Wildman–Crippen LogP) is 2.47. The molecule has 0 spiro atoms. The van der Waals surface area contributed by atoms with Gasteiger partial charge in [0.1, 0.15) is 0 Å². The quantitative estimate of drug-likeness (QED) is 0.391. The third-order valence-electron chi connectivity index (χ3n) is 1.07. The first-order chi connectivity index (χ1) is 3.81. The van der Waals surface area contributed by atoms with Crippen molar-refractivity contribution in [2.45, 2.75) is 19.8 Å². The maximum Gasteiger partial charge on any atom is 0.0112 e. The molecule has 8 heavy (non-hydrogen) atoms. The van der Waals surface area contributed by atoms with Gasteiger partial charge in [0.25, 0.3) is 0 Å². The number of rotatable bonds is 3. The van der Waals surface area contributed by atoms with Crippen molar-refractivity contribution in [3.63, 3.8) is 0 Å². The average molecular weight is 222 g/mol. The van der Waals surface area contributed by atoms with Gasteiger partial charge in [-0.15, -0.1) is 12.3 Å². The first kappa shape index (κ1) is 8.29. The van der Waals surface area contributed by atoms with Gasteiger partial charge in [-0.3, -0.25) is 0 Å². The Balaban J connectivity index is 3.08. The number of halogens is 1. The molecule has 0 aromatic heterocycles. The van der Waals surface area contributed by atoms with E-state index in [0.29, 0.717) is 0 Å². The third-order valence-corrected chi connectivity index (χ3v) is 1.69. The molecule has 0 rings (SSSR count). The maximum atomic E-state index is 5.11. The van der Waals surface area contributed by atoms with E-state index >= 15 is 0 Å². The first-order valence-electron chi connectivity index (χ1n) is 2.80. The van der Waals surface area contributed by atoms with E-state index < -0.39 is 0 Å². The van der Waals surface area contributed by atoms with Gasteiger partial charge in [-0.1, -0.05) is 29.5 Å². The van der Waals surface area contributed by atoms with Crippen LogP contribution in [-0.2, 0) is 0 Å². The van der Waals surface area contributed by atoms with Gasteiger partial charge < -0.3 is 0 Å². The second kappa shape index (κ2) is 5.43. The van der Waals surface area contributed by atoms with Crippen molar-refractivity contribution in [3.8, 4) is 12.3 Å². The summed E-state index contributed by atoms with van der Waals surface area (Å²) in [7, 11) is 0. The van der Waals surface area contributed by atoms with Crippen molar-refractivity contribution in [2.75, 3.05) is 4.43 Å². The molecule has 0 N–H and O–H groups in total. The molecule has 1 heteroatoms. The summed E-state index contributed by atoms with van der Waals surface area (Å²) in [6, 6.07) is 0. The Morgan fingerprint density at radius 2 is 2.38 bits per heavy atom. The highest BCUT2D eigenvalue weighted by molar-refractivity contribution is 14.1. The zero-order valence-electron chi connectivity index (χ0n) is 5.15. The molecule has 0 nitrogen and oxygen atoms in total. The maximum absolute atomic E-state index is 5.11. The molecule has 0 radical (unpaired) electrons. The number of hydrogen-bond donors (Lipinski definition) is 0.